The van der Waals surface area contributed by atoms with Gasteiger partial charge in [-0.1, -0.05) is 111 Å². The van der Waals surface area contributed by atoms with Crippen LogP contribution in [0.3, 0.4) is 0 Å². The SMILES string of the molecule is C=CC(=O)Oc1cccc(Oc2ccc(Oc3cc4c5c(cc(Oc6ccc(Oc7cccc(OC(=O)C=C)c7)cc6)c6c7c(Oc8ccc(Oc9cccc(OC(=O)C=C)c9)cc8)cc8c9c(cc(Oc%10ccc(Oc%11cccc(OC(=O)C=C)c%11)cc%10)c(c3c56)c97)C(=O)N(C(Cc3ccccc3)C(=O)NC(C(F)(F)F)C(F)(F)F)C8=O)C(=O)N(C(Cc3ccccc3)C(=O)NC(C(F)(F)F)C(F)(F)F)C4=O)cc2)c1. The Morgan fingerprint density at radius 3 is 0.664 bits per heavy atom. The minimum absolute atomic E-state index is 0.00974. The monoisotopic (exact) mass is 2000 g/mol. The zero-order valence-electron chi connectivity index (χ0n) is 74.8. The van der Waals surface area contributed by atoms with E-state index in [9.17, 15) is 71.9 Å². The number of carbonyl (C=O) groups is 10. The lowest BCUT2D eigenvalue weighted by Gasteiger charge is -2.36. The molecule has 0 radical (unpaired) electrons. The summed E-state index contributed by atoms with van der Waals surface area (Å²) in [6.07, 6.45) is -23.6. The molecule has 2 N–H and O–H groups in total. The third kappa shape index (κ3) is 21.3. The highest BCUT2D eigenvalue weighted by Gasteiger charge is 2.60. The van der Waals surface area contributed by atoms with Crippen molar-refractivity contribution in [2.75, 3.05) is 0 Å². The van der Waals surface area contributed by atoms with Crippen LogP contribution in [0, 0.1) is 0 Å². The summed E-state index contributed by atoms with van der Waals surface area (Å²) in [6.45, 7) is 13.7. The Hall–Kier alpha value is -18.8. The standard InChI is InChI=1S/C108H68F12N4O22/c1-5-85(125)143-71-27-15-23-67(49-71)135-59-31-39-63(40-32-59)139-81-53-75-89-76(100(132)123(99(75)131)79(47-57-19-11-9-12-20-57)97(129)121-103(105(109,110)111)106(112,113)114)55-83(141-65-43-35-61(36-44-65)137-69-25-17-29-73(51-69)145-87(127)7-3)93-94-84(142-66-45-37-62(38-46-66)138-70-26-18-30-74(52-70)146-88(128)8-4)56-78-90-77(101(133)124(102(78)134)80(48-58-21-13-10-14-22-58)98(130)122-104(107(115,116)117)108(118,119)120)54-82(92(96(90)94)91(81)95(89)93)140-64-41-33-60(34-42-64)136-68-24-16-28-72(50-68)144-86(126)6-2/h5-46,49-56,79-80,103-104H,1-4,47-48H2,(H,121,129)(H,122,130). The Kier molecular flexibility index (Phi) is 27.4. The van der Waals surface area contributed by atoms with E-state index in [1.54, 1.807) is 0 Å². The van der Waals surface area contributed by atoms with Crippen LogP contribution in [0.1, 0.15) is 52.6 Å². The number of alkyl halides is 12. The van der Waals surface area contributed by atoms with Crippen LogP contribution in [0.2, 0.25) is 0 Å². The number of carbonyl (C=O) groups excluding carboxylic acids is 10. The fourth-order valence-electron chi connectivity index (χ4n) is 16.3. The molecule has 6 amide bonds. The van der Waals surface area contributed by atoms with Gasteiger partial charge in [-0.3, -0.25) is 38.6 Å². The Morgan fingerprint density at radius 2 is 0.459 bits per heavy atom. The van der Waals surface area contributed by atoms with E-state index in [2.05, 4.69) is 26.3 Å². The maximum Gasteiger partial charge on any atom is 0.417 e. The van der Waals surface area contributed by atoms with Crippen LogP contribution in [-0.2, 0) is 41.6 Å². The third-order valence-electron chi connectivity index (χ3n) is 22.5. The smallest absolute Gasteiger partial charge is 0.417 e. The number of nitrogens with one attached hydrogen (secondary N) is 2. The lowest BCUT2D eigenvalue weighted by molar-refractivity contribution is -0.259. The molecule has 15 aromatic rings. The molecule has 0 fully saturated rings. The van der Waals surface area contributed by atoms with Crippen molar-refractivity contribution in [3.05, 3.63) is 363 Å². The van der Waals surface area contributed by atoms with Crippen LogP contribution in [0.5, 0.6) is 115 Å². The minimum atomic E-state index is -6.30. The zero-order chi connectivity index (χ0) is 104. The average molecular weight is 2000 g/mol. The summed E-state index contributed by atoms with van der Waals surface area (Å²) in [6, 6.07) is 46.7. The normalized spacial score (nSPS) is 12.9. The van der Waals surface area contributed by atoms with Crippen molar-refractivity contribution in [2.45, 2.75) is 61.7 Å². The first kappa shape index (κ1) is 98.8. The van der Waals surface area contributed by atoms with Crippen molar-refractivity contribution in [1.82, 2.24) is 20.4 Å². The van der Waals surface area contributed by atoms with Gasteiger partial charge in [0.15, 0.2) is 0 Å². The number of amides is 6. The van der Waals surface area contributed by atoms with E-state index >= 15 is 28.8 Å². The fraction of sp³-hybridized carbons (Fsp3) is 0.0926. The lowest BCUT2D eigenvalue weighted by atomic mass is 9.80. The first-order chi connectivity index (χ1) is 69.7. The van der Waals surface area contributed by atoms with E-state index in [1.807, 2.05) is 0 Å². The van der Waals surface area contributed by atoms with Crippen molar-refractivity contribution >= 4 is 102 Å². The minimum Gasteiger partial charge on any atom is -0.457 e. The Balaban J connectivity index is 0.983. The van der Waals surface area contributed by atoms with Gasteiger partial charge in [0.1, 0.15) is 127 Å². The van der Waals surface area contributed by atoms with E-state index < -0.39 is 209 Å². The van der Waals surface area contributed by atoms with Gasteiger partial charge in [0.2, 0.25) is 23.9 Å². The number of ether oxygens (including phenoxy) is 12. The number of hydrogen-bond donors (Lipinski definition) is 2. The van der Waals surface area contributed by atoms with E-state index in [0.29, 0.717) is 0 Å². The molecular formula is C108H68F12N4O22. The molecule has 0 aromatic heterocycles. The Bertz CT molecular complexity index is 6940. The summed E-state index contributed by atoms with van der Waals surface area (Å²) in [7, 11) is 0. The van der Waals surface area contributed by atoms with Gasteiger partial charge < -0.3 is 67.5 Å². The van der Waals surface area contributed by atoms with Gasteiger partial charge in [0.25, 0.3) is 23.6 Å². The molecule has 2 atom stereocenters. The van der Waals surface area contributed by atoms with Gasteiger partial charge in [-0.25, -0.2) is 19.2 Å². The van der Waals surface area contributed by atoms with E-state index in [1.165, 1.54) is 255 Å². The second kappa shape index (κ2) is 40.4. The summed E-state index contributed by atoms with van der Waals surface area (Å²) in [5.74, 6) is -17.2. The van der Waals surface area contributed by atoms with Gasteiger partial charge in [-0.05, 0) is 181 Å². The average Bonchev–Trinajstić information content (AvgIpc) is 0.667. The van der Waals surface area contributed by atoms with Gasteiger partial charge in [0.05, 0.1) is 22.3 Å². The molecule has 0 saturated carbocycles. The summed E-state index contributed by atoms with van der Waals surface area (Å²) in [5, 5.41) is -1.49. The summed E-state index contributed by atoms with van der Waals surface area (Å²) in [4.78, 5) is 147. The number of nitrogens with zero attached hydrogens (tertiary/aromatic N) is 2. The molecule has 0 spiro atoms. The van der Waals surface area contributed by atoms with E-state index in [4.69, 9.17) is 56.8 Å². The second-order valence-corrected chi connectivity index (χ2v) is 32.2. The molecule has 15 aromatic carbocycles. The van der Waals surface area contributed by atoms with Crippen LogP contribution < -0.4 is 67.5 Å². The first-order valence-corrected chi connectivity index (χ1v) is 43.4. The number of rotatable bonds is 34. The molecule has 2 aliphatic rings. The Labute approximate surface area is 816 Å². The van der Waals surface area contributed by atoms with Crippen molar-refractivity contribution in [2.24, 2.45) is 0 Å². The van der Waals surface area contributed by atoms with E-state index in [-0.39, 0.29) is 113 Å². The summed E-state index contributed by atoms with van der Waals surface area (Å²) in [5.41, 5.74) is -3.11. The molecule has 736 valence electrons. The Morgan fingerprint density at radius 1 is 0.253 bits per heavy atom. The highest BCUT2D eigenvalue weighted by Crippen LogP contribution is 2.59. The van der Waals surface area contributed by atoms with Crippen molar-refractivity contribution in [3.63, 3.8) is 0 Å². The molecule has 0 bridgehead atoms. The first-order valence-electron chi connectivity index (χ1n) is 43.4. The fourth-order valence-corrected chi connectivity index (χ4v) is 16.3. The largest absolute Gasteiger partial charge is 0.457 e. The molecule has 2 unspecified atom stereocenters. The van der Waals surface area contributed by atoms with Crippen LogP contribution in [-0.4, -0.2) is 118 Å². The third-order valence-corrected chi connectivity index (χ3v) is 22.5. The zero-order valence-corrected chi connectivity index (χ0v) is 74.8. The molecule has 0 aliphatic carbocycles. The molecule has 38 heteroatoms. The number of esters is 4. The van der Waals surface area contributed by atoms with Gasteiger partial charge in [-0.15, -0.1) is 0 Å². The summed E-state index contributed by atoms with van der Waals surface area (Å²) < 4.78 is 254. The maximum atomic E-state index is 16.8. The molecule has 146 heavy (non-hydrogen) atoms. The van der Waals surface area contributed by atoms with Crippen molar-refractivity contribution in [3.8, 4) is 115 Å². The number of fused-ring (bicyclic) bond motifs is 2. The number of imide groups is 2. The highest BCUT2D eigenvalue weighted by atomic mass is 19.4. The van der Waals surface area contributed by atoms with Crippen LogP contribution in [0.15, 0.2) is 330 Å². The number of benzene rings is 15. The lowest BCUT2D eigenvalue weighted by Crippen LogP contribution is -2.61. The molecule has 0 saturated heterocycles. The molecule has 2 aliphatic heterocycles. The number of hydrogen-bond acceptors (Lipinski definition) is 22. The molecule has 17 rings (SSSR count). The molecule has 26 nitrogen and oxygen atoms in total. The molecular weight excluding hydrogens is 1930 g/mol. The topological polar surface area (TPSA) is 312 Å². The van der Waals surface area contributed by atoms with Gasteiger partial charge in [-0.2, -0.15) is 52.7 Å². The summed E-state index contributed by atoms with van der Waals surface area (Å²) >= 11 is 0. The highest BCUT2D eigenvalue weighted by molar-refractivity contribution is 6.45. The van der Waals surface area contributed by atoms with Gasteiger partial charge >= 0.3 is 48.6 Å². The maximum absolute atomic E-state index is 16.8. The van der Waals surface area contributed by atoms with E-state index in [0.717, 1.165) is 59.2 Å². The predicted molar refractivity (Wildman–Crippen MR) is 500 cm³/mol. The van der Waals surface area contributed by atoms with Crippen LogP contribution >= 0.6 is 0 Å². The predicted octanol–water partition coefficient (Wildman–Crippen LogP) is 24.1. The van der Waals surface area contributed by atoms with Crippen LogP contribution in [0.4, 0.5) is 52.7 Å². The van der Waals surface area contributed by atoms with Gasteiger partial charge in [0, 0.05) is 105 Å². The van der Waals surface area contributed by atoms with Crippen LogP contribution in [0.25, 0.3) is 43.1 Å². The number of halogens is 12. The molecule has 2 heterocycles. The van der Waals surface area contributed by atoms with Crippen molar-refractivity contribution < 1.29 is 157 Å². The second-order valence-electron chi connectivity index (χ2n) is 32.2. The van der Waals surface area contributed by atoms with Crippen molar-refractivity contribution in [1.29, 1.82) is 0 Å². The quantitative estimate of drug-likeness (QED) is 0.00720.